The van der Waals surface area contributed by atoms with Crippen LogP contribution in [-0.4, -0.2) is 44.2 Å². The Morgan fingerprint density at radius 2 is 2.17 bits per heavy atom. The van der Waals surface area contributed by atoms with Gasteiger partial charge in [0.2, 0.25) is 5.91 Å². The molecule has 0 aliphatic rings. The molecule has 98 valence electrons. The van der Waals surface area contributed by atoms with E-state index in [9.17, 15) is 4.79 Å². The molecule has 1 amide bonds. The molecule has 0 aliphatic carbocycles. The maximum Gasteiger partial charge on any atom is 0.242 e. The molecule has 0 radical (unpaired) electrons. The van der Waals surface area contributed by atoms with Crippen LogP contribution in [0.4, 0.5) is 0 Å². The summed E-state index contributed by atoms with van der Waals surface area (Å²) in [6, 6.07) is 0. The number of rotatable bonds is 3. The van der Waals surface area contributed by atoms with Crippen molar-refractivity contribution in [2.24, 2.45) is 0 Å². The van der Waals surface area contributed by atoms with Crippen LogP contribution in [0, 0.1) is 11.7 Å². The average molecular weight is 267 g/mol. The fourth-order valence-corrected chi connectivity index (χ4v) is 2.16. The lowest BCUT2D eigenvalue weighted by Gasteiger charge is -2.11. The highest BCUT2D eigenvalue weighted by molar-refractivity contribution is 7.71. The third-order valence-electron chi connectivity index (χ3n) is 2.93. The molecule has 0 spiro atoms. The number of hydrogen-bond donors (Lipinski definition) is 1. The topological polar surface area (TPSA) is 58.9 Å². The minimum Gasteiger partial charge on any atom is -0.347 e. The van der Waals surface area contributed by atoms with Crippen LogP contribution in [0.5, 0.6) is 0 Å². The normalized spacial score (nSPS) is 11.1. The van der Waals surface area contributed by atoms with Gasteiger partial charge in [0.05, 0.1) is 5.69 Å². The first-order valence-corrected chi connectivity index (χ1v) is 6.22. The van der Waals surface area contributed by atoms with E-state index in [0.29, 0.717) is 4.77 Å². The summed E-state index contributed by atoms with van der Waals surface area (Å²) in [5.41, 5.74) is 2.69. The van der Waals surface area contributed by atoms with E-state index < -0.39 is 0 Å². The van der Waals surface area contributed by atoms with Crippen molar-refractivity contribution in [3.8, 4) is 0 Å². The third-order valence-corrected chi connectivity index (χ3v) is 3.25. The van der Waals surface area contributed by atoms with E-state index in [-0.39, 0.29) is 12.5 Å². The van der Waals surface area contributed by atoms with E-state index in [1.807, 2.05) is 18.5 Å². The Kier molecular flexibility index (Phi) is 3.25. The van der Waals surface area contributed by atoms with Gasteiger partial charge in [-0.1, -0.05) is 0 Å². The standard InChI is InChI=1S/C11H17N5OS/c1-5-16-10-9(7(2)13-16)12-11(18)15(10)6-8(17)14(3)4/h5-6H2,1-4H3,(H,12,18). The number of amides is 1. The lowest BCUT2D eigenvalue weighted by atomic mass is 10.4. The number of carbonyl (C=O) groups is 1. The van der Waals surface area contributed by atoms with E-state index in [1.165, 1.54) is 0 Å². The van der Waals surface area contributed by atoms with Gasteiger partial charge < -0.3 is 9.88 Å². The summed E-state index contributed by atoms with van der Waals surface area (Å²) in [5, 5.41) is 4.42. The molecule has 0 bridgehead atoms. The van der Waals surface area contributed by atoms with Crippen molar-refractivity contribution in [3.63, 3.8) is 0 Å². The van der Waals surface area contributed by atoms with Gasteiger partial charge in [0.25, 0.3) is 0 Å². The molecule has 18 heavy (non-hydrogen) atoms. The molecule has 0 aromatic carbocycles. The maximum atomic E-state index is 11.8. The second-order valence-corrected chi connectivity index (χ2v) is 4.79. The number of aryl methyl sites for hydroxylation is 2. The highest BCUT2D eigenvalue weighted by Crippen LogP contribution is 2.17. The van der Waals surface area contributed by atoms with Crippen molar-refractivity contribution >= 4 is 29.3 Å². The molecule has 0 saturated carbocycles. The number of nitrogens with zero attached hydrogens (tertiary/aromatic N) is 4. The van der Waals surface area contributed by atoms with Crippen LogP contribution in [0.3, 0.4) is 0 Å². The Morgan fingerprint density at radius 3 is 2.72 bits per heavy atom. The Labute approximate surface area is 110 Å². The van der Waals surface area contributed by atoms with Crippen molar-refractivity contribution in [2.45, 2.75) is 26.9 Å². The summed E-state index contributed by atoms with van der Waals surface area (Å²) < 4.78 is 4.22. The van der Waals surface area contributed by atoms with Crippen molar-refractivity contribution < 1.29 is 4.79 Å². The molecule has 1 N–H and O–H groups in total. The van der Waals surface area contributed by atoms with Crippen LogP contribution in [0.1, 0.15) is 12.6 Å². The number of hydrogen-bond acceptors (Lipinski definition) is 3. The molecule has 2 heterocycles. The van der Waals surface area contributed by atoms with E-state index >= 15 is 0 Å². The molecule has 2 aromatic rings. The van der Waals surface area contributed by atoms with Crippen LogP contribution in [-0.2, 0) is 17.9 Å². The molecule has 2 aromatic heterocycles. The molecule has 6 nitrogen and oxygen atoms in total. The Morgan fingerprint density at radius 1 is 1.50 bits per heavy atom. The smallest absolute Gasteiger partial charge is 0.242 e. The summed E-state index contributed by atoms with van der Waals surface area (Å²) in [7, 11) is 3.47. The summed E-state index contributed by atoms with van der Waals surface area (Å²) in [6.45, 7) is 4.92. The molecule has 0 atom stereocenters. The Balaban J connectivity index is 2.59. The van der Waals surface area contributed by atoms with Crippen molar-refractivity contribution in [2.75, 3.05) is 14.1 Å². The van der Waals surface area contributed by atoms with Gasteiger partial charge in [0.15, 0.2) is 10.4 Å². The lowest BCUT2D eigenvalue weighted by Crippen LogP contribution is -2.26. The number of aromatic amines is 1. The summed E-state index contributed by atoms with van der Waals surface area (Å²) in [4.78, 5) is 16.5. The summed E-state index contributed by atoms with van der Waals surface area (Å²) in [5.74, 6) is 0.00788. The average Bonchev–Trinajstić information content (AvgIpc) is 2.78. The lowest BCUT2D eigenvalue weighted by molar-refractivity contribution is -0.129. The van der Waals surface area contributed by atoms with Gasteiger partial charge in [-0.15, -0.1) is 0 Å². The van der Waals surface area contributed by atoms with Gasteiger partial charge in [-0.25, -0.2) is 4.68 Å². The second-order valence-electron chi connectivity index (χ2n) is 4.40. The fourth-order valence-electron chi connectivity index (χ4n) is 1.90. The number of likely N-dealkylation sites (N-methyl/N-ethyl adjacent to an activating group) is 1. The van der Waals surface area contributed by atoms with E-state index in [2.05, 4.69) is 10.1 Å². The first kappa shape index (κ1) is 12.8. The highest BCUT2D eigenvalue weighted by atomic mass is 32.1. The first-order valence-electron chi connectivity index (χ1n) is 5.81. The van der Waals surface area contributed by atoms with Crippen LogP contribution in [0.25, 0.3) is 11.2 Å². The van der Waals surface area contributed by atoms with Crippen molar-refractivity contribution in [1.29, 1.82) is 0 Å². The van der Waals surface area contributed by atoms with Crippen molar-refractivity contribution in [1.82, 2.24) is 24.2 Å². The predicted octanol–water partition coefficient (Wildman–Crippen LogP) is 1.31. The number of imidazole rings is 1. The molecule has 0 saturated heterocycles. The Bertz CT molecular complexity index is 648. The molecule has 0 fully saturated rings. The zero-order valence-electron chi connectivity index (χ0n) is 11.0. The summed E-state index contributed by atoms with van der Waals surface area (Å²) >= 11 is 5.27. The van der Waals surface area contributed by atoms with Crippen LogP contribution >= 0.6 is 12.2 Å². The zero-order valence-corrected chi connectivity index (χ0v) is 11.8. The molecule has 2 rings (SSSR count). The van der Waals surface area contributed by atoms with Gasteiger partial charge >= 0.3 is 0 Å². The van der Waals surface area contributed by atoms with E-state index in [0.717, 1.165) is 23.4 Å². The fraction of sp³-hybridized carbons (Fsp3) is 0.545. The van der Waals surface area contributed by atoms with Gasteiger partial charge in [-0.3, -0.25) is 9.36 Å². The van der Waals surface area contributed by atoms with Gasteiger partial charge in [-0.05, 0) is 26.1 Å². The molecular formula is C11H17N5OS. The molecular weight excluding hydrogens is 250 g/mol. The molecule has 0 aliphatic heterocycles. The third kappa shape index (κ3) is 1.94. The second kappa shape index (κ2) is 4.56. The predicted molar refractivity (Wildman–Crippen MR) is 72.0 cm³/mol. The quantitative estimate of drug-likeness (QED) is 0.853. The van der Waals surface area contributed by atoms with E-state index in [4.69, 9.17) is 12.2 Å². The number of aromatic nitrogens is 4. The number of H-pyrrole nitrogens is 1. The van der Waals surface area contributed by atoms with E-state index in [1.54, 1.807) is 23.6 Å². The SMILES string of the molecule is CCn1nc(C)c2[nH]c(=S)n(CC(=O)N(C)C)c21. The zero-order chi connectivity index (χ0) is 13.4. The number of fused-ring (bicyclic) bond motifs is 1. The highest BCUT2D eigenvalue weighted by Gasteiger charge is 2.16. The summed E-state index contributed by atoms with van der Waals surface area (Å²) in [6.07, 6.45) is 0. The number of nitrogens with one attached hydrogen (secondary N) is 1. The maximum absolute atomic E-state index is 11.8. The van der Waals surface area contributed by atoms with Gasteiger partial charge in [-0.2, -0.15) is 5.10 Å². The van der Waals surface area contributed by atoms with Crippen LogP contribution in [0.2, 0.25) is 0 Å². The minimum atomic E-state index is 0.00788. The minimum absolute atomic E-state index is 0.00788. The van der Waals surface area contributed by atoms with Gasteiger partial charge in [0, 0.05) is 20.6 Å². The molecule has 0 unspecified atom stereocenters. The van der Waals surface area contributed by atoms with Crippen molar-refractivity contribution in [3.05, 3.63) is 10.5 Å². The monoisotopic (exact) mass is 267 g/mol. The largest absolute Gasteiger partial charge is 0.347 e. The van der Waals surface area contributed by atoms with Crippen LogP contribution < -0.4 is 0 Å². The Hall–Kier alpha value is -1.63. The van der Waals surface area contributed by atoms with Gasteiger partial charge in [0.1, 0.15) is 12.1 Å². The first-order chi connectivity index (χ1) is 8.45. The number of carbonyl (C=O) groups excluding carboxylic acids is 1. The van der Waals surface area contributed by atoms with Crippen LogP contribution in [0.15, 0.2) is 0 Å². The molecule has 7 heteroatoms.